The van der Waals surface area contributed by atoms with E-state index in [0.29, 0.717) is 0 Å². The zero-order chi connectivity index (χ0) is 11.4. The summed E-state index contributed by atoms with van der Waals surface area (Å²) in [5.74, 6) is 0. The fourth-order valence-electron chi connectivity index (χ4n) is 2.61. The molecule has 0 aromatic carbocycles. The molecule has 1 aromatic rings. The molecule has 2 N–H and O–H groups in total. The van der Waals surface area contributed by atoms with Gasteiger partial charge in [0.25, 0.3) is 0 Å². The molecule has 1 aliphatic heterocycles. The second-order valence-corrected chi connectivity index (χ2v) is 4.65. The number of piperidine rings is 1. The summed E-state index contributed by atoms with van der Waals surface area (Å²) in [7, 11) is 0. The van der Waals surface area contributed by atoms with Crippen molar-refractivity contribution in [1.29, 1.82) is 0 Å². The van der Waals surface area contributed by atoms with E-state index in [1.54, 1.807) is 0 Å². The third-order valence-electron chi connectivity index (χ3n) is 3.94. The van der Waals surface area contributed by atoms with Crippen LogP contribution < -0.4 is 5.73 Å². The van der Waals surface area contributed by atoms with E-state index in [-0.39, 0.29) is 5.41 Å². The minimum Gasteiger partial charge on any atom is -0.330 e. The summed E-state index contributed by atoms with van der Waals surface area (Å²) in [6.45, 7) is 6.44. The standard InChI is InChI=1S/C13H21N3/c1-2-16-9-5-13(11-14,6-10-16)12-3-7-15-8-4-12/h3-4,7-8H,2,5-6,9-11,14H2,1H3. The number of likely N-dealkylation sites (tertiary alicyclic amines) is 1. The average molecular weight is 219 g/mol. The van der Waals surface area contributed by atoms with Gasteiger partial charge in [-0.25, -0.2) is 0 Å². The van der Waals surface area contributed by atoms with Gasteiger partial charge in [-0.05, 0) is 50.2 Å². The highest BCUT2D eigenvalue weighted by Gasteiger charge is 2.34. The molecule has 16 heavy (non-hydrogen) atoms. The molecule has 0 radical (unpaired) electrons. The maximum Gasteiger partial charge on any atom is 0.0270 e. The fourth-order valence-corrected chi connectivity index (χ4v) is 2.61. The molecule has 0 saturated carbocycles. The third kappa shape index (κ3) is 2.11. The Bertz CT molecular complexity index is 315. The Labute approximate surface area is 97.7 Å². The summed E-state index contributed by atoms with van der Waals surface area (Å²) < 4.78 is 0. The van der Waals surface area contributed by atoms with Crippen LogP contribution in [0.2, 0.25) is 0 Å². The van der Waals surface area contributed by atoms with Gasteiger partial charge >= 0.3 is 0 Å². The van der Waals surface area contributed by atoms with Gasteiger partial charge in [-0.15, -0.1) is 0 Å². The van der Waals surface area contributed by atoms with Crippen LogP contribution in [0, 0.1) is 0 Å². The molecule has 0 amide bonds. The highest BCUT2D eigenvalue weighted by atomic mass is 15.1. The van der Waals surface area contributed by atoms with Gasteiger partial charge in [-0.2, -0.15) is 0 Å². The molecular weight excluding hydrogens is 198 g/mol. The van der Waals surface area contributed by atoms with Crippen molar-refractivity contribution in [3.05, 3.63) is 30.1 Å². The molecule has 1 aromatic heterocycles. The Hall–Kier alpha value is -0.930. The number of nitrogens with zero attached hydrogens (tertiary/aromatic N) is 2. The van der Waals surface area contributed by atoms with Gasteiger partial charge in [-0.3, -0.25) is 4.98 Å². The highest BCUT2D eigenvalue weighted by Crippen LogP contribution is 2.34. The summed E-state index contributed by atoms with van der Waals surface area (Å²) in [6.07, 6.45) is 6.08. The van der Waals surface area contributed by atoms with Crippen molar-refractivity contribution in [1.82, 2.24) is 9.88 Å². The van der Waals surface area contributed by atoms with Crippen LogP contribution in [-0.4, -0.2) is 36.1 Å². The number of nitrogens with two attached hydrogens (primary N) is 1. The van der Waals surface area contributed by atoms with Gasteiger partial charge in [-0.1, -0.05) is 6.92 Å². The predicted molar refractivity (Wildman–Crippen MR) is 66.3 cm³/mol. The first kappa shape index (κ1) is 11.6. The molecule has 3 nitrogen and oxygen atoms in total. The predicted octanol–water partition coefficient (Wildman–Crippen LogP) is 1.39. The molecule has 1 fully saturated rings. The van der Waals surface area contributed by atoms with Crippen molar-refractivity contribution in [2.45, 2.75) is 25.2 Å². The van der Waals surface area contributed by atoms with Gasteiger partial charge < -0.3 is 10.6 Å². The lowest BCUT2D eigenvalue weighted by Gasteiger charge is -2.41. The smallest absolute Gasteiger partial charge is 0.0270 e. The van der Waals surface area contributed by atoms with Gasteiger partial charge in [0.2, 0.25) is 0 Å². The topological polar surface area (TPSA) is 42.1 Å². The van der Waals surface area contributed by atoms with E-state index in [0.717, 1.165) is 26.2 Å². The van der Waals surface area contributed by atoms with Crippen LogP contribution in [0.25, 0.3) is 0 Å². The van der Waals surface area contributed by atoms with Crippen LogP contribution in [0.5, 0.6) is 0 Å². The van der Waals surface area contributed by atoms with E-state index in [9.17, 15) is 0 Å². The average Bonchev–Trinajstić information content (AvgIpc) is 2.40. The SMILES string of the molecule is CCN1CCC(CN)(c2ccncc2)CC1. The second kappa shape index (κ2) is 4.93. The Morgan fingerprint density at radius 1 is 1.31 bits per heavy atom. The summed E-state index contributed by atoms with van der Waals surface area (Å²) in [5, 5.41) is 0. The number of aromatic nitrogens is 1. The summed E-state index contributed by atoms with van der Waals surface area (Å²) in [4.78, 5) is 6.58. The van der Waals surface area contributed by atoms with Crippen LogP contribution >= 0.6 is 0 Å². The lowest BCUT2D eigenvalue weighted by atomic mass is 9.73. The van der Waals surface area contributed by atoms with E-state index in [2.05, 4.69) is 28.9 Å². The quantitative estimate of drug-likeness (QED) is 0.835. The molecule has 88 valence electrons. The Balaban J connectivity index is 2.16. The molecule has 1 aliphatic rings. The molecule has 0 spiro atoms. The largest absolute Gasteiger partial charge is 0.330 e. The van der Waals surface area contributed by atoms with Crippen LogP contribution in [0.1, 0.15) is 25.3 Å². The molecule has 1 saturated heterocycles. The normalized spacial score (nSPS) is 20.9. The number of hydrogen-bond donors (Lipinski definition) is 1. The zero-order valence-electron chi connectivity index (χ0n) is 10.0. The van der Waals surface area contributed by atoms with Crippen molar-refractivity contribution in [3.63, 3.8) is 0 Å². The van der Waals surface area contributed by atoms with E-state index < -0.39 is 0 Å². The Morgan fingerprint density at radius 3 is 2.44 bits per heavy atom. The van der Waals surface area contributed by atoms with Crippen molar-refractivity contribution in [3.8, 4) is 0 Å². The molecule has 0 atom stereocenters. The van der Waals surface area contributed by atoms with E-state index >= 15 is 0 Å². The molecular formula is C13H21N3. The molecule has 0 bridgehead atoms. The molecule has 0 unspecified atom stereocenters. The number of hydrogen-bond acceptors (Lipinski definition) is 3. The minimum absolute atomic E-state index is 0.189. The first-order chi connectivity index (χ1) is 7.80. The molecule has 2 heterocycles. The zero-order valence-corrected chi connectivity index (χ0v) is 10.0. The van der Waals surface area contributed by atoms with Crippen molar-refractivity contribution in [2.75, 3.05) is 26.2 Å². The van der Waals surface area contributed by atoms with Crippen molar-refractivity contribution >= 4 is 0 Å². The molecule has 3 heteroatoms. The van der Waals surface area contributed by atoms with Crippen LogP contribution in [-0.2, 0) is 5.41 Å². The van der Waals surface area contributed by atoms with E-state index in [1.165, 1.54) is 18.4 Å². The summed E-state index contributed by atoms with van der Waals surface area (Å²) >= 11 is 0. The van der Waals surface area contributed by atoms with Gasteiger partial charge in [0.15, 0.2) is 0 Å². The molecule has 2 rings (SSSR count). The monoisotopic (exact) mass is 219 g/mol. The van der Waals surface area contributed by atoms with Crippen LogP contribution in [0.3, 0.4) is 0 Å². The van der Waals surface area contributed by atoms with Crippen LogP contribution in [0.15, 0.2) is 24.5 Å². The number of pyridine rings is 1. The fraction of sp³-hybridized carbons (Fsp3) is 0.615. The van der Waals surface area contributed by atoms with Crippen molar-refractivity contribution in [2.24, 2.45) is 5.73 Å². The third-order valence-corrected chi connectivity index (χ3v) is 3.94. The number of rotatable bonds is 3. The van der Waals surface area contributed by atoms with E-state index in [1.807, 2.05) is 12.4 Å². The lowest BCUT2D eigenvalue weighted by Crippen LogP contribution is -2.46. The van der Waals surface area contributed by atoms with Crippen LogP contribution in [0.4, 0.5) is 0 Å². The van der Waals surface area contributed by atoms with Crippen molar-refractivity contribution < 1.29 is 0 Å². The molecule has 0 aliphatic carbocycles. The summed E-state index contributed by atoms with van der Waals surface area (Å²) in [6, 6.07) is 4.24. The first-order valence-corrected chi connectivity index (χ1v) is 6.14. The Kier molecular flexibility index (Phi) is 3.56. The van der Waals surface area contributed by atoms with E-state index in [4.69, 9.17) is 5.73 Å². The van der Waals surface area contributed by atoms with Gasteiger partial charge in [0.05, 0.1) is 0 Å². The highest BCUT2D eigenvalue weighted by molar-refractivity contribution is 5.24. The summed E-state index contributed by atoms with van der Waals surface area (Å²) in [5.41, 5.74) is 7.57. The maximum atomic E-state index is 6.02. The Morgan fingerprint density at radius 2 is 1.94 bits per heavy atom. The lowest BCUT2D eigenvalue weighted by molar-refractivity contribution is 0.169. The first-order valence-electron chi connectivity index (χ1n) is 6.14. The minimum atomic E-state index is 0.189. The van der Waals surface area contributed by atoms with Gasteiger partial charge in [0.1, 0.15) is 0 Å². The van der Waals surface area contributed by atoms with Gasteiger partial charge in [0, 0.05) is 24.4 Å². The second-order valence-electron chi connectivity index (χ2n) is 4.65. The maximum absolute atomic E-state index is 6.02.